The second-order valence-corrected chi connectivity index (χ2v) is 8.41. The average Bonchev–Trinajstić information content (AvgIpc) is 2.71. The molecule has 0 radical (unpaired) electrons. The maximum absolute atomic E-state index is 11.0. The number of hydrogen-bond donors (Lipinski definition) is 1. The molecular formula is C12H10O3Se2. The number of carbonyl (C=O) groups is 2. The van der Waals surface area contributed by atoms with Crippen LogP contribution in [-0.4, -0.2) is 46.8 Å². The molecule has 0 aliphatic rings. The first-order valence-electron chi connectivity index (χ1n) is 5.04. The van der Waals surface area contributed by atoms with E-state index in [2.05, 4.69) is 6.92 Å². The fourth-order valence-electron chi connectivity index (χ4n) is 1.56. The van der Waals surface area contributed by atoms with Crippen LogP contribution >= 0.6 is 0 Å². The van der Waals surface area contributed by atoms with E-state index in [9.17, 15) is 9.59 Å². The fourth-order valence-corrected chi connectivity index (χ4v) is 5.53. The van der Waals surface area contributed by atoms with Gasteiger partial charge in [-0.15, -0.1) is 0 Å². The number of carboxylic acid groups (broad SMARTS) is 1. The number of aldehydes is 1. The van der Waals surface area contributed by atoms with Crippen molar-refractivity contribution in [3.63, 3.8) is 0 Å². The van der Waals surface area contributed by atoms with Crippen LogP contribution < -0.4 is 4.46 Å². The molecule has 1 heterocycles. The van der Waals surface area contributed by atoms with E-state index in [0.717, 1.165) is 25.7 Å². The van der Waals surface area contributed by atoms with Gasteiger partial charge in [0.25, 0.3) is 0 Å². The van der Waals surface area contributed by atoms with Crippen molar-refractivity contribution >= 4 is 55.8 Å². The summed E-state index contributed by atoms with van der Waals surface area (Å²) in [6, 6.07) is 5.54. The summed E-state index contributed by atoms with van der Waals surface area (Å²) in [4.78, 5) is 21.9. The van der Waals surface area contributed by atoms with Gasteiger partial charge in [0, 0.05) is 0 Å². The van der Waals surface area contributed by atoms with Crippen molar-refractivity contribution in [2.24, 2.45) is 0 Å². The van der Waals surface area contributed by atoms with Gasteiger partial charge < -0.3 is 0 Å². The van der Waals surface area contributed by atoms with Crippen LogP contribution in [0, 0.1) is 0 Å². The van der Waals surface area contributed by atoms with Crippen molar-refractivity contribution in [3.8, 4) is 0 Å². The van der Waals surface area contributed by atoms with Crippen molar-refractivity contribution in [3.05, 3.63) is 28.2 Å². The van der Waals surface area contributed by atoms with Crippen LogP contribution in [0.25, 0.3) is 9.65 Å². The Morgan fingerprint density at radius 1 is 1.47 bits per heavy atom. The van der Waals surface area contributed by atoms with Gasteiger partial charge in [0.15, 0.2) is 0 Å². The maximum atomic E-state index is 11.0. The fraction of sp³-hybridized carbons (Fsp3) is 0.167. The SMILES string of the molecule is CC[Se]c1cc2[se]c(C(=O)O)cc2cc1C=O. The van der Waals surface area contributed by atoms with Gasteiger partial charge in [-0.05, 0) is 0 Å². The number of rotatable bonds is 4. The second-order valence-electron chi connectivity index (χ2n) is 3.39. The van der Waals surface area contributed by atoms with E-state index in [1.807, 2.05) is 12.1 Å². The van der Waals surface area contributed by atoms with Crippen LogP contribution in [0.4, 0.5) is 0 Å². The van der Waals surface area contributed by atoms with Gasteiger partial charge in [0.2, 0.25) is 0 Å². The molecule has 0 fully saturated rings. The standard InChI is InChI=1S/C12H10O3Se2/c1-2-16-9-5-10-7(3-8(9)6-13)4-11(17-10)12(14)15/h3-6H,2H2,1H3,(H,14,15). The zero-order chi connectivity index (χ0) is 12.4. The molecule has 0 spiro atoms. The Labute approximate surface area is 111 Å². The minimum atomic E-state index is -0.851. The third-order valence-electron chi connectivity index (χ3n) is 2.29. The number of carbonyl (C=O) groups excluding carboxylic acids is 1. The summed E-state index contributed by atoms with van der Waals surface area (Å²) in [6.45, 7) is 2.09. The van der Waals surface area contributed by atoms with Gasteiger partial charge in [-0.25, -0.2) is 0 Å². The molecule has 1 aromatic heterocycles. The van der Waals surface area contributed by atoms with Crippen molar-refractivity contribution in [1.29, 1.82) is 0 Å². The summed E-state index contributed by atoms with van der Waals surface area (Å²) in [5.74, 6) is -0.851. The molecule has 1 N–H and O–H groups in total. The molecule has 2 rings (SSSR count). The summed E-state index contributed by atoms with van der Waals surface area (Å²) >= 11 is 0.175. The first-order chi connectivity index (χ1) is 8.15. The molecule has 0 aliphatic carbocycles. The number of fused-ring (bicyclic) bond motifs is 1. The van der Waals surface area contributed by atoms with Crippen molar-refractivity contribution in [2.75, 3.05) is 0 Å². The van der Waals surface area contributed by atoms with Crippen LogP contribution in [0.3, 0.4) is 0 Å². The molecule has 5 heteroatoms. The Morgan fingerprint density at radius 3 is 2.82 bits per heavy atom. The number of carboxylic acids is 1. The monoisotopic (exact) mass is 362 g/mol. The van der Waals surface area contributed by atoms with E-state index < -0.39 is 5.97 Å². The molecule has 1 aromatic carbocycles. The number of aromatic carboxylic acids is 1. The molecule has 17 heavy (non-hydrogen) atoms. The molecule has 88 valence electrons. The van der Waals surface area contributed by atoms with Gasteiger partial charge in [0.1, 0.15) is 0 Å². The molecule has 0 unspecified atom stereocenters. The van der Waals surface area contributed by atoms with Crippen molar-refractivity contribution in [1.82, 2.24) is 0 Å². The summed E-state index contributed by atoms with van der Waals surface area (Å²) in [6.07, 6.45) is 0.868. The molecule has 0 aliphatic heterocycles. The van der Waals surface area contributed by atoms with Crippen LogP contribution in [0.2, 0.25) is 5.32 Å². The van der Waals surface area contributed by atoms with E-state index in [4.69, 9.17) is 5.11 Å². The number of benzene rings is 1. The third kappa shape index (κ3) is 2.53. The Balaban J connectivity index is 2.61. The first kappa shape index (κ1) is 12.6. The predicted molar refractivity (Wildman–Crippen MR) is 69.1 cm³/mol. The van der Waals surface area contributed by atoms with E-state index >= 15 is 0 Å². The van der Waals surface area contributed by atoms with E-state index in [1.54, 1.807) is 6.07 Å². The molecule has 0 amide bonds. The van der Waals surface area contributed by atoms with Gasteiger partial charge in [-0.2, -0.15) is 0 Å². The number of hydrogen-bond acceptors (Lipinski definition) is 2. The van der Waals surface area contributed by atoms with Crippen molar-refractivity contribution < 1.29 is 14.7 Å². The summed E-state index contributed by atoms with van der Waals surface area (Å²) < 4.78 is 2.65. The molecular weight excluding hydrogens is 350 g/mol. The average molecular weight is 360 g/mol. The summed E-state index contributed by atoms with van der Waals surface area (Å²) in [7, 11) is 0. The molecule has 3 nitrogen and oxygen atoms in total. The quantitative estimate of drug-likeness (QED) is 0.658. The topological polar surface area (TPSA) is 54.4 Å². The van der Waals surface area contributed by atoms with Gasteiger partial charge in [-0.1, -0.05) is 0 Å². The zero-order valence-electron chi connectivity index (χ0n) is 9.10. The van der Waals surface area contributed by atoms with Crippen LogP contribution in [0.5, 0.6) is 0 Å². The predicted octanol–water partition coefficient (Wildman–Crippen LogP) is 1.18. The molecule has 0 saturated carbocycles. The van der Waals surface area contributed by atoms with Crippen LogP contribution in [0.1, 0.15) is 26.5 Å². The van der Waals surface area contributed by atoms with E-state index in [0.29, 0.717) is 25.0 Å². The molecule has 0 saturated heterocycles. The molecule has 0 atom stereocenters. The Hall–Kier alpha value is -0.861. The minimum absolute atomic E-state index is 0.124. The summed E-state index contributed by atoms with van der Waals surface area (Å²) in [5, 5.41) is 10.9. The van der Waals surface area contributed by atoms with Gasteiger partial charge in [-0.3, -0.25) is 0 Å². The van der Waals surface area contributed by atoms with Crippen LogP contribution in [0.15, 0.2) is 18.2 Å². The Bertz CT molecular complexity index is 587. The zero-order valence-corrected chi connectivity index (χ0v) is 12.5. The molecule has 0 bridgehead atoms. The van der Waals surface area contributed by atoms with Gasteiger partial charge >= 0.3 is 111 Å². The van der Waals surface area contributed by atoms with Gasteiger partial charge in [0.05, 0.1) is 0 Å². The third-order valence-corrected chi connectivity index (χ3v) is 6.56. The second kappa shape index (κ2) is 5.19. The Kier molecular flexibility index (Phi) is 3.85. The Morgan fingerprint density at radius 2 is 2.24 bits per heavy atom. The summed E-state index contributed by atoms with van der Waals surface area (Å²) in [5.41, 5.74) is 0.712. The van der Waals surface area contributed by atoms with E-state index in [-0.39, 0.29) is 14.5 Å². The molecule has 2 aromatic rings. The first-order valence-corrected chi connectivity index (χ1v) is 8.82. The van der Waals surface area contributed by atoms with Crippen LogP contribution in [-0.2, 0) is 0 Å². The van der Waals surface area contributed by atoms with E-state index in [1.165, 1.54) is 0 Å². The van der Waals surface area contributed by atoms with Crippen molar-refractivity contribution in [2.45, 2.75) is 12.2 Å². The normalized spacial score (nSPS) is 10.6.